The Morgan fingerprint density at radius 3 is 2.33 bits per heavy atom. The molecule has 2 heteroatoms. The van der Waals surface area contributed by atoms with Crippen LogP contribution in [-0.2, 0) is 4.79 Å². The first kappa shape index (κ1) is 12.0. The number of hydrogen-bond acceptors (Lipinski definition) is 1. The number of hydrogen-bond donors (Lipinski definition) is 0. The summed E-state index contributed by atoms with van der Waals surface area (Å²) in [6, 6.07) is 0. The zero-order chi connectivity index (χ0) is 9.78. The average molecular weight is 191 g/mol. The Kier molecular flexibility index (Phi) is 4.84. The van der Waals surface area contributed by atoms with E-state index >= 15 is 0 Å². The van der Waals surface area contributed by atoms with E-state index in [4.69, 9.17) is 11.6 Å². The third-order valence-corrected chi connectivity index (χ3v) is 2.97. The highest BCUT2D eigenvalue weighted by Gasteiger charge is 2.18. The van der Waals surface area contributed by atoms with Crippen molar-refractivity contribution in [3.05, 3.63) is 0 Å². The summed E-state index contributed by atoms with van der Waals surface area (Å²) < 4.78 is 0. The van der Waals surface area contributed by atoms with E-state index < -0.39 is 0 Å². The molecule has 0 aromatic heterocycles. The maximum atomic E-state index is 10.7. The zero-order valence-electron chi connectivity index (χ0n) is 8.48. The van der Waals surface area contributed by atoms with Gasteiger partial charge >= 0.3 is 0 Å². The molecule has 0 radical (unpaired) electrons. The summed E-state index contributed by atoms with van der Waals surface area (Å²) in [6.45, 7) is 8.51. The molecule has 0 heterocycles. The Morgan fingerprint density at radius 1 is 1.50 bits per heavy atom. The molecule has 0 saturated carbocycles. The maximum absolute atomic E-state index is 10.7. The van der Waals surface area contributed by atoms with E-state index in [1.807, 2.05) is 6.92 Å². The minimum Gasteiger partial charge on any atom is -0.281 e. The summed E-state index contributed by atoms with van der Waals surface area (Å²) in [5.41, 5.74) is 0.348. The zero-order valence-corrected chi connectivity index (χ0v) is 9.24. The van der Waals surface area contributed by atoms with Gasteiger partial charge in [0.15, 0.2) is 0 Å². The molecule has 0 aromatic rings. The number of carbonyl (C=O) groups excluding carboxylic acids is 1. The van der Waals surface area contributed by atoms with Gasteiger partial charge in [0.05, 0.1) is 0 Å². The first-order valence-corrected chi connectivity index (χ1v) is 4.96. The van der Waals surface area contributed by atoms with Crippen LogP contribution in [0.25, 0.3) is 0 Å². The molecule has 1 nitrogen and oxygen atoms in total. The minimum absolute atomic E-state index is 0.0116. The van der Waals surface area contributed by atoms with Crippen molar-refractivity contribution in [1.29, 1.82) is 0 Å². The van der Waals surface area contributed by atoms with Crippen LogP contribution in [0.4, 0.5) is 0 Å². The Bertz CT molecular complexity index is 152. The fourth-order valence-corrected chi connectivity index (χ4v) is 1.01. The molecule has 0 bridgehead atoms. The third-order valence-electron chi connectivity index (χ3n) is 2.60. The van der Waals surface area contributed by atoms with Crippen LogP contribution in [0.2, 0.25) is 0 Å². The normalized spacial score (nSPS) is 14.4. The maximum Gasteiger partial charge on any atom is 0.224 e. The van der Waals surface area contributed by atoms with Gasteiger partial charge in [-0.2, -0.15) is 0 Å². The molecule has 0 fully saturated rings. The standard InChI is InChI=1S/C10H19ClO/c1-5-10(3,4)7-6-8(2)9(11)12/h8H,5-7H2,1-4H3. The molecule has 0 aromatic carbocycles. The monoisotopic (exact) mass is 190 g/mol. The van der Waals surface area contributed by atoms with Crippen molar-refractivity contribution in [2.24, 2.45) is 11.3 Å². The van der Waals surface area contributed by atoms with E-state index in [9.17, 15) is 4.79 Å². The molecule has 1 atom stereocenters. The smallest absolute Gasteiger partial charge is 0.224 e. The van der Waals surface area contributed by atoms with Gasteiger partial charge in [-0.15, -0.1) is 0 Å². The summed E-state index contributed by atoms with van der Waals surface area (Å²) in [6.07, 6.45) is 3.13. The fourth-order valence-electron chi connectivity index (χ4n) is 0.898. The number of halogens is 1. The lowest BCUT2D eigenvalue weighted by atomic mass is 9.83. The number of carbonyl (C=O) groups is 1. The highest BCUT2D eigenvalue weighted by molar-refractivity contribution is 6.63. The summed E-state index contributed by atoms with van der Waals surface area (Å²) in [7, 11) is 0. The number of rotatable bonds is 5. The van der Waals surface area contributed by atoms with Gasteiger partial charge in [0.2, 0.25) is 5.24 Å². The van der Waals surface area contributed by atoms with E-state index in [0.717, 1.165) is 19.3 Å². The van der Waals surface area contributed by atoms with Crippen LogP contribution in [0.1, 0.15) is 47.0 Å². The highest BCUT2D eigenvalue weighted by atomic mass is 35.5. The molecule has 0 aliphatic carbocycles. The molecule has 72 valence electrons. The van der Waals surface area contributed by atoms with E-state index in [0.29, 0.717) is 5.41 Å². The van der Waals surface area contributed by atoms with E-state index in [1.165, 1.54) is 0 Å². The van der Waals surface area contributed by atoms with Gasteiger partial charge in [-0.25, -0.2) is 0 Å². The lowest BCUT2D eigenvalue weighted by molar-refractivity contribution is -0.115. The second-order valence-electron chi connectivity index (χ2n) is 4.26. The van der Waals surface area contributed by atoms with Crippen molar-refractivity contribution in [2.45, 2.75) is 47.0 Å². The molecule has 0 saturated heterocycles. The SMILES string of the molecule is CCC(C)(C)CCC(C)C(=O)Cl. The Labute approximate surface area is 80.5 Å². The second kappa shape index (κ2) is 4.86. The Hall–Kier alpha value is -0.0400. The van der Waals surface area contributed by atoms with Crippen molar-refractivity contribution in [1.82, 2.24) is 0 Å². The van der Waals surface area contributed by atoms with Crippen LogP contribution >= 0.6 is 11.6 Å². The molecule has 0 rings (SSSR count). The predicted molar refractivity (Wildman–Crippen MR) is 53.3 cm³/mol. The van der Waals surface area contributed by atoms with Crippen LogP contribution in [0, 0.1) is 11.3 Å². The van der Waals surface area contributed by atoms with Gasteiger partial charge in [0.25, 0.3) is 0 Å². The second-order valence-corrected chi connectivity index (χ2v) is 4.63. The molecule has 0 N–H and O–H groups in total. The van der Waals surface area contributed by atoms with Crippen LogP contribution in [0.15, 0.2) is 0 Å². The van der Waals surface area contributed by atoms with Crippen LogP contribution < -0.4 is 0 Å². The van der Waals surface area contributed by atoms with Crippen molar-refractivity contribution >= 4 is 16.8 Å². The van der Waals surface area contributed by atoms with Gasteiger partial charge in [-0.3, -0.25) is 4.79 Å². The van der Waals surface area contributed by atoms with Crippen LogP contribution in [-0.4, -0.2) is 5.24 Å². The van der Waals surface area contributed by atoms with E-state index in [2.05, 4.69) is 20.8 Å². The van der Waals surface area contributed by atoms with Gasteiger partial charge in [-0.1, -0.05) is 34.1 Å². The van der Waals surface area contributed by atoms with E-state index in [1.54, 1.807) is 0 Å². The van der Waals surface area contributed by atoms with Crippen LogP contribution in [0.3, 0.4) is 0 Å². The molecular weight excluding hydrogens is 172 g/mol. The van der Waals surface area contributed by atoms with Crippen molar-refractivity contribution < 1.29 is 4.79 Å². The highest BCUT2D eigenvalue weighted by Crippen LogP contribution is 2.28. The summed E-state index contributed by atoms with van der Waals surface area (Å²) in [5.74, 6) is 0.0116. The summed E-state index contributed by atoms with van der Waals surface area (Å²) in [4.78, 5) is 10.7. The first-order valence-electron chi connectivity index (χ1n) is 4.58. The third kappa shape index (κ3) is 4.76. The molecular formula is C10H19ClO. The fraction of sp³-hybridized carbons (Fsp3) is 0.900. The van der Waals surface area contributed by atoms with Gasteiger partial charge in [-0.05, 0) is 29.9 Å². The van der Waals surface area contributed by atoms with Crippen molar-refractivity contribution in [2.75, 3.05) is 0 Å². The summed E-state index contributed by atoms with van der Waals surface area (Å²) in [5, 5.41) is -0.207. The molecule has 12 heavy (non-hydrogen) atoms. The lowest BCUT2D eigenvalue weighted by Crippen LogP contribution is -2.13. The summed E-state index contributed by atoms with van der Waals surface area (Å²) >= 11 is 5.36. The van der Waals surface area contributed by atoms with E-state index in [-0.39, 0.29) is 11.2 Å². The average Bonchev–Trinajstić information content (AvgIpc) is 2.00. The quantitative estimate of drug-likeness (QED) is 0.606. The van der Waals surface area contributed by atoms with Crippen molar-refractivity contribution in [3.8, 4) is 0 Å². The Morgan fingerprint density at radius 2 is 2.00 bits per heavy atom. The topological polar surface area (TPSA) is 17.1 Å². The minimum atomic E-state index is -0.207. The molecule has 1 unspecified atom stereocenters. The van der Waals surface area contributed by atoms with Gasteiger partial charge < -0.3 is 0 Å². The first-order chi connectivity index (χ1) is 5.39. The van der Waals surface area contributed by atoms with Gasteiger partial charge in [0.1, 0.15) is 0 Å². The Balaban J connectivity index is 3.75. The molecule has 0 amide bonds. The largest absolute Gasteiger partial charge is 0.281 e. The van der Waals surface area contributed by atoms with Gasteiger partial charge in [0, 0.05) is 5.92 Å². The molecule has 0 aliphatic heterocycles. The lowest BCUT2D eigenvalue weighted by Gasteiger charge is -2.23. The van der Waals surface area contributed by atoms with Crippen molar-refractivity contribution in [3.63, 3.8) is 0 Å². The molecule has 0 aliphatic rings. The molecule has 0 spiro atoms. The van der Waals surface area contributed by atoms with Crippen LogP contribution in [0.5, 0.6) is 0 Å². The predicted octanol–water partition coefficient (Wildman–Crippen LogP) is 3.60.